The van der Waals surface area contributed by atoms with Gasteiger partial charge in [-0.05, 0) is 31.5 Å². The standard InChI is InChI=1S/C16H19ClFN3/c1-4-6-19-16-10(3)15(20-14(5-2)21-16)11-7-12(17)9-13(18)8-11/h7-9H,4-6H2,1-3H3,(H,19,20,21). The van der Waals surface area contributed by atoms with Crippen molar-refractivity contribution in [3.05, 3.63) is 40.4 Å². The van der Waals surface area contributed by atoms with Gasteiger partial charge in [0.25, 0.3) is 0 Å². The van der Waals surface area contributed by atoms with Crippen LogP contribution in [0.25, 0.3) is 11.3 Å². The Morgan fingerprint density at radius 2 is 1.95 bits per heavy atom. The number of benzene rings is 1. The third kappa shape index (κ3) is 3.70. The molecule has 0 saturated carbocycles. The number of nitrogens with one attached hydrogen (secondary N) is 1. The zero-order chi connectivity index (χ0) is 15.4. The molecule has 21 heavy (non-hydrogen) atoms. The van der Waals surface area contributed by atoms with Crippen LogP contribution in [0.1, 0.15) is 31.7 Å². The molecule has 0 unspecified atom stereocenters. The van der Waals surface area contributed by atoms with E-state index in [4.69, 9.17) is 11.6 Å². The van der Waals surface area contributed by atoms with Gasteiger partial charge in [-0.2, -0.15) is 0 Å². The van der Waals surface area contributed by atoms with Crippen LogP contribution in [0.3, 0.4) is 0 Å². The monoisotopic (exact) mass is 307 g/mol. The van der Waals surface area contributed by atoms with Gasteiger partial charge in [-0.15, -0.1) is 0 Å². The Hall–Kier alpha value is -1.68. The molecule has 0 aliphatic heterocycles. The zero-order valence-electron chi connectivity index (χ0n) is 12.5. The maximum atomic E-state index is 13.6. The van der Waals surface area contributed by atoms with Crippen molar-refractivity contribution >= 4 is 17.4 Å². The van der Waals surface area contributed by atoms with E-state index in [0.29, 0.717) is 10.6 Å². The highest BCUT2D eigenvalue weighted by Crippen LogP contribution is 2.28. The number of hydrogen-bond acceptors (Lipinski definition) is 3. The van der Waals surface area contributed by atoms with Gasteiger partial charge in [-0.25, -0.2) is 14.4 Å². The lowest BCUT2D eigenvalue weighted by Gasteiger charge is -2.14. The van der Waals surface area contributed by atoms with Crippen molar-refractivity contribution in [1.29, 1.82) is 0 Å². The first-order valence-corrected chi connectivity index (χ1v) is 7.50. The molecule has 0 amide bonds. The Morgan fingerprint density at radius 1 is 1.19 bits per heavy atom. The number of anilines is 1. The van der Waals surface area contributed by atoms with Crippen molar-refractivity contribution in [2.45, 2.75) is 33.6 Å². The molecule has 2 aromatic rings. The molecular weight excluding hydrogens is 289 g/mol. The third-order valence-corrected chi connectivity index (χ3v) is 3.41. The van der Waals surface area contributed by atoms with Crippen LogP contribution in [0.5, 0.6) is 0 Å². The number of aromatic nitrogens is 2. The van der Waals surface area contributed by atoms with Gasteiger partial charge >= 0.3 is 0 Å². The number of hydrogen-bond donors (Lipinski definition) is 1. The van der Waals surface area contributed by atoms with E-state index in [9.17, 15) is 4.39 Å². The first kappa shape index (κ1) is 15.7. The van der Waals surface area contributed by atoms with Crippen LogP contribution in [0.15, 0.2) is 18.2 Å². The number of nitrogens with zero attached hydrogens (tertiary/aromatic N) is 2. The molecule has 1 heterocycles. The van der Waals surface area contributed by atoms with Crippen molar-refractivity contribution < 1.29 is 4.39 Å². The molecule has 1 aromatic heterocycles. The molecule has 0 saturated heterocycles. The van der Waals surface area contributed by atoms with E-state index in [2.05, 4.69) is 22.2 Å². The summed E-state index contributed by atoms with van der Waals surface area (Å²) in [6, 6.07) is 4.46. The highest BCUT2D eigenvalue weighted by atomic mass is 35.5. The Bertz CT molecular complexity index is 623. The van der Waals surface area contributed by atoms with E-state index < -0.39 is 0 Å². The Labute approximate surface area is 129 Å². The maximum Gasteiger partial charge on any atom is 0.133 e. The summed E-state index contributed by atoms with van der Waals surface area (Å²) in [4.78, 5) is 9.05. The summed E-state index contributed by atoms with van der Waals surface area (Å²) >= 11 is 5.95. The molecule has 3 nitrogen and oxygen atoms in total. The summed E-state index contributed by atoms with van der Waals surface area (Å²) < 4.78 is 13.6. The molecule has 112 valence electrons. The summed E-state index contributed by atoms with van der Waals surface area (Å²) in [5.41, 5.74) is 2.30. The molecule has 5 heteroatoms. The largest absolute Gasteiger partial charge is 0.370 e. The predicted octanol–water partition coefficient (Wildman–Crippen LogP) is 4.63. The lowest BCUT2D eigenvalue weighted by Crippen LogP contribution is -2.08. The van der Waals surface area contributed by atoms with E-state index in [1.54, 1.807) is 6.07 Å². The van der Waals surface area contributed by atoms with E-state index in [-0.39, 0.29) is 5.82 Å². The molecule has 0 aliphatic rings. The second-order valence-corrected chi connectivity index (χ2v) is 5.34. The van der Waals surface area contributed by atoms with Crippen LogP contribution in [-0.2, 0) is 6.42 Å². The zero-order valence-corrected chi connectivity index (χ0v) is 13.3. The summed E-state index contributed by atoms with van der Waals surface area (Å²) in [7, 11) is 0. The molecule has 0 radical (unpaired) electrons. The first-order chi connectivity index (χ1) is 10.0. The van der Waals surface area contributed by atoms with Gasteiger partial charge < -0.3 is 5.32 Å². The second kappa shape index (κ2) is 6.85. The van der Waals surface area contributed by atoms with Gasteiger partial charge in [0.1, 0.15) is 17.5 Å². The fourth-order valence-electron chi connectivity index (χ4n) is 2.11. The third-order valence-electron chi connectivity index (χ3n) is 3.19. The van der Waals surface area contributed by atoms with Crippen molar-refractivity contribution in [3.8, 4) is 11.3 Å². The van der Waals surface area contributed by atoms with Crippen molar-refractivity contribution in [2.75, 3.05) is 11.9 Å². The molecule has 0 atom stereocenters. The minimum atomic E-state index is -0.364. The molecule has 1 N–H and O–H groups in total. The van der Waals surface area contributed by atoms with Crippen LogP contribution in [-0.4, -0.2) is 16.5 Å². The van der Waals surface area contributed by atoms with Crippen LogP contribution in [0.2, 0.25) is 5.02 Å². The molecular formula is C16H19ClFN3. The first-order valence-electron chi connectivity index (χ1n) is 7.13. The lowest BCUT2D eigenvalue weighted by atomic mass is 10.1. The van der Waals surface area contributed by atoms with Crippen LogP contribution < -0.4 is 5.32 Å². The summed E-state index contributed by atoms with van der Waals surface area (Å²) in [6.45, 7) is 6.87. The molecule has 2 rings (SSSR count). The second-order valence-electron chi connectivity index (χ2n) is 4.90. The van der Waals surface area contributed by atoms with Crippen LogP contribution in [0.4, 0.5) is 10.2 Å². The van der Waals surface area contributed by atoms with Gasteiger partial charge in [-0.3, -0.25) is 0 Å². The Kier molecular flexibility index (Phi) is 5.12. The van der Waals surface area contributed by atoms with Gasteiger partial charge in [0.2, 0.25) is 0 Å². The van der Waals surface area contributed by atoms with Gasteiger partial charge in [-0.1, -0.05) is 25.4 Å². The number of aryl methyl sites for hydroxylation is 1. The van der Waals surface area contributed by atoms with Crippen molar-refractivity contribution in [1.82, 2.24) is 9.97 Å². The quantitative estimate of drug-likeness (QED) is 0.875. The highest BCUT2D eigenvalue weighted by molar-refractivity contribution is 6.30. The maximum absolute atomic E-state index is 13.6. The average molecular weight is 308 g/mol. The lowest BCUT2D eigenvalue weighted by molar-refractivity contribution is 0.628. The molecule has 0 bridgehead atoms. The summed E-state index contributed by atoms with van der Waals surface area (Å²) in [5.74, 6) is 1.17. The number of halogens is 2. The minimum absolute atomic E-state index is 0.364. The van der Waals surface area contributed by atoms with E-state index in [0.717, 1.165) is 42.3 Å². The summed E-state index contributed by atoms with van der Waals surface area (Å²) in [6.07, 6.45) is 1.73. The molecule has 0 aliphatic carbocycles. The minimum Gasteiger partial charge on any atom is -0.370 e. The van der Waals surface area contributed by atoms with E-state index >= 15 is 0 Å². The van der Waals surface area contributed by atoms with Gasteiger partial charge in [0.15, 0.2) is 0 Å². The van der Waals surface area contributed by atoms with Crippen LogP contribution >= 0.6 is 11.6 Å². The molecule has 1 aromatic carbocycles. The average Bonchev–Trinajstić information content (AvgIpc) is 2.45. The SMILES string of the molecule is CCCNc1nc(CC)nc(-c2cc(F)cc(Cl)c2)c1C. The van der Waals surface area contributed by atoms with E-state index in [1.807, 2.05) is 13.8 Å². The van der Waals surface area contributed by atoms with Crippen molar-refractivity contribution in [2.24, 2.45) is 0 Å². The van der Waals surface area contributed by atoms with Gasteiger partial charge in [0, 0.05) is 29.1 Å². The fraction of sp³-hybridized carbons (Fsp3) is 0.375. The summed E-state index contributed by atoms with van der Waals surface area (Å²) in [5, 5.41) is 3.66. The number of rotatable bonds is 5. The fourth-order valence-corrected chi connectivity index (χ4v) is 2.33. The van der Waals surface area contributed by atoms with Gasteiger partial charge in [0.05, 0.1) is 5.69 Å². The topological polar surface area (TPSA) is 37.8 Å². The highest BCUT2D eigenvalue weighted by Gasteiger charge is 2.13. The predicted molar refractivity (Wildman–Crippen MR) is 85.3 cm³/mol. The molecule has 0 fully saturated rings. The smallest absolute Gasteiger partial charge is 0.133 e. The molecule has 0 spiro atoms. The van der Waals surface area contributed by atoms with Crippen LogP contribution in [0, 0.1) is 12.7 Å². The van der Waals surface area contributed by atoms with Crippen molar-refractivity contribution in [3.63, 3.8) is 0 Å². The Morgan fingerprint density at radius 3 is 2.57 bits per heavy atom. The van der Waals surface area contributed by atoms with E-state index in [1.165, 1.54) is 12.1 Å². The normalized spacial score (nSPS) is 10.7. The Balaban J connectivity index is 2.55.